The number of nitrogens with zero attached hydrogens (tertiary/aromatic N) is 5. The highest BCUT2D eigenvalue weighted by Crippen LogP contribution is 2.29. The molecule has 0 aliphatic carbocycles. The minimum Gasteiger partial charge on any atom is -0.495 e. The Bertz CT molecular complexity index is 997. The van der Waals surface area contributed by atoms with Gasteiger partial charge in [-0.05, 0) is 55.3 Å². The first-order valence-electron chi connectivity index (χ1n) is 11.7. The van der Waals surface area contributed by atoms with Gasteiger partial charge in [0.25, 0.3) is 0 Å². The topological polar surface area (TPSA) is 36.8 Å². The van der Waals surface area contributed by atoms with Gasteiger partial charge >= 0.3 is 0 Å². The normalized spacial score (nSPS) is 20.4. The van der Waals surface area contributed by atoms with Gasteiger partial charge in [-0.15, -0.1) is 0 Å². The predicted molar refractivity (Wildman–Crippen MR) is 129 cm³/mol. The molecule has 3 aromatic rings. The second-order valence-electron chi connectivity index (χ2n) is 8.85. The zero-order valence-electron chi connectivity index (χ0n) is 18.9. The number of hydrogen-bond acceptors (Lipinski definition) is 5. The lowest BCUT2D eigenvalue weighted by Gasteiger charge is -2.44. The minimum absolute atomic E-state index is 0.651. The second-order valence-corrected chi connectivity index (χ2v) is 8.85. The number of para-hydroxylation sites is 2. The molecule has 0 unspecified atom stereocenters. The lowest BCUT2D eigenvalue weighted by atomic mass is 10.0. The lowest BCUT2D eigenvalue weighted by molar-refractivity contribution is 0.0887. The van der Waals surface area contributed by atoms with Crippen LogP contribution in [-0.2, 0) is 6.54 Å². The number of rotatable bonds is 6. The van der Waals surface area contributed by atoms with E-state index in [0.29, 0.717) is 6.04 Å². The number of anilines is 1. The Hall–Kier alpha value is -2.83. The Kier molecular flexibility index (Phi) is 6.41. The van der Waals surface area contributed by atoms with Gasteiger partial charge in [-0.1, -0.05) is 24.3 Å². The van der Waals surface area contributed by atoms with Crippen molar-refractivity contribution in [3.05, 3.63) is 72.6 Å². The molecule has 168 valence electrons. The van der Waals surface area contributed by atoms with Crippen LogP contribution in [0.3, 0.4) is 0 Å². The van der Waals surface area contributed by atoms with E-state index in [1.54, 1.807) is 7.11 Å². The fourth-order valence-electron chi connectivity index (χ4n) is 5.17. The van der Waals surface area contributed by atoms with Gasteiger partial charge in [-0.2, -0.15) is 5.10 Å². The first-order valence-corrected chi connectivity index (χ1v) is 11.7. The maximum Gasteiger partial charge on any atom is 0.142 e. The average Bonchev–Trinajstić information content (AvgIpc) is 3.40. The highest BCUT2D eigenvalue weighted by Gasteiger charge is 2.28. The number of aromatic nitrogens is 2. The van der Waals surface area contributed by atoms with E-state index in [4.69, 9.17) is 4.74 Å². The molecule has 0 radical (unpaired) electrons. The molecule has 2 fully saturated rings. The van der Waals surface area contributed by atoms with E-state index in [-0.39, 0.29) is 0 Å². The van der Waals surface area contributed by atoms with Crippen LogP contribution in [0, 0.1) is 0 Å². The van der Waals surface area contributed by atoms with Crippen LogP contribution in [0.1, 0.15) is 18.4 Å². The third-order valence-electron chi connectivity index (χ3n) is 6.82. The fraction of sp³-hybridized carbons (Fsp3) is 0.423. The molecule has 2 saturated heterocycles. The Morgan fingerprint density at radius 2 is 1.84 bits per heavy atom. The fourth-order valence-corrected chi connectivity index (χ4v) is 5.17. The van der Waals surface area contributed by atoms with E-state index in [9.17, 15) is 0 Å². The highest BCUT2D eigenvalue weighted by atomic mass is 16.5. The summed E-state index contributed by atoms with van der Waals surface area (Å²) in [7, 11) is 1.76. The summed E-state index contributed by atoms with van der Waals surface area (Å²) in [6.45, 7) is 7.69. The predicted octanol–water partition coefficient (Wildman–Crippen LogP) is 3.67. The van der Waals surface area contributed by atoms with Crippen LogP contribution in [0.4, 0.5) is 5.69 Å². The Balaban J connectivity index is 1.18. The molecule has 0 bridgehead atoms. The Morgan fingerprint density at radius 3 is 2.66 bits per heavy atom. The van der Waals surface area contributed by atoms with Gasteiger partial charge in [0.2, 0.25) is 0 Å². The molecule has 32 heavy (non-hydrogen) atoms. The van der Waals surface area contributed by atoms with Gasteiger partial charge in [0.15, 0.2) is 0 Å². The molecule has 0 N–H and O–H groups in total. The number of likely N-dealkylation sites (tertiary alicyclic amines) is 1. The summed E-state index contributed by atoms with van der Waals surface area (Å²) >= 11 is 0. The van der Waals surface area contributed by atoms with Crippen molar-refractivity contribution in [2.24, 2.45) is 0 Å². The van der Waals surface area contributed by atoms with E-state index < -0.39 is 0 Å². The largest absolute Gasteiger partial charge is 0.495 e. The number of benzene rings is 2. The number of piperidine rings is 1. The molecule has 2 aliphatic heterocycles. The number of methoxy groups -OCH3 is 1. The molecule has 6 nitrogen and oxygen atoms in total. The summed E-state index contributed by atoms with van der Waals surface area (Å²) in [5.41, 5.74) is 3.71. The molecule has 2 aliphatic rings. The van der Waals surface area contributed by atoms with E-state index in [0.717, 1.165) is 50.7 Å². The van der Waals surface area contributed by atoms with Gasteiger partial charge in [-0.3, -0.25) is 9.80 Å². The first-order chi connectivity index (χ1) is 15.8. The van der Waals surface area contributed by atoms with E-state index in [1.165, 1.54) is 30.6 Å². The van der Waals surface area contributed by atoms with Crippen molar-refractivity contribution in [2.75, 3.05) is 51.3 Å². The van der Waals surface area contributed by atoms with E-state index in [2.05, 4.69) is 62.3 Å². The third kappa shape index (κ3) is 4.66. The maximum absolute atomic E-state index is 5.58. The van der Waals surface area contributed by atoms with Crippen LogP contribution in [0.15, 0.2) is 67.0 Å². The third-order valence-corrected chi connectivity index (χ3v) is 6.82. The van der Waals surface area contributed by atoms with Crippen LogP contribution < -0.4 is 9.64 Å². The van der Waals surface area contributed by atoms with Crippen molar-refractivity contribution >= 4 is 5.69 Å². The van der Waals surface area contributed by atoms with Gasteiger partial charge in [0, 0.05) is 57.7 Å². The van der Waals surface area contributed by atoms with Crippen molar-refractivity contribution in [1.82, 2.24) is 19.6 Å². The minimum atomic E-state index is 0.651. The molecule has 0 saturated carbocycles. The standard InChI is InChI=1S/C26H33N5O/c1-32-26-11-3-2-10-25(26)30-17-15-29(16-18-30)24-9-5-13-28(21-24)20-22-7-4-8-23(19-22)31-14-6-12-27-31/h2-4,6-8,10-12,14,19,24H,5,9,13,15-18,20-21H2,1H3/t24-/m1/s1. The van der Waals surface area contributed by atoms with Gasteiger partial charge in [0.1, 0.15) is 5.75 Å². The molecule has 0 spiro atoms. The van der Waals surface area contributed by atoms with Gasteiger partial charge < -0.3 is 9.64 Å². The summed E-state index contributed by atoms with van der Waals surface area (Å²) in [5, 5.41) is 4.37. The number of piperazine rings is 1. The van der Waals surface area contributed by atoms with Crippen molar-refractivity contribution in [3.63, 3.8) is 0 Å². The van der Waals surface area contributed by atoms with Crippen molar-refractivity contribution in [1.29, 1.82) is 0 Å². The maximum atomic E-state index is 5.58. The van der Waals surface area contributed by atoms with Crippen molar-refractivity contribution < 1.29 is 4.74 Å². The van der Waals surface area contributed by atoms with Crippen molar-refractivity contribution in [2.45, 2.75) is 25.4 Å². The van der Waals surface area contributed by atoms with E-state index >= 15 is 0 Å². The monoisotopic (exact) mass is 431 g/mol. The molecule has 0 amide bonds. The molecular weight excluding hydrogens is 398 g/mol. The molecule has 2 aromatic carbocycles. The first kappa shape index (κ1) is 21.0. The molecule has 6 heteroatoms. The van der Waals surface area contributed by atoms with Crippen LogP contribution >= 0.6 is 0 Å². The molecule has 1 atom stereocenters. The molecule has 1 aromatic heterocycles. The van der Waals surface area contributed by atoms with Crippen LogP contribution in [0.2, 0.25) is 0 Å². The summed E-state index contributed by atoms with van der Waals surface area (Å²) in [6.07, 6.45) is 6.41. The zero-order chi connectivity index (χ0) is 21.8. The summed E-state index contributed by atoms with van der Waals surface area (Å²) < 4.78 is 7.51. The Labute approximate surface area is 191 Å². The summed E-state index contributed by atoms with van der Waals surface area (Å²) in [6, 6.07) is 19.8. The van der Waals surface area contributed by atoms with Crippen LogP contribution in [-0.4, -0.2) is 72.0 Å². The summed E-state index contributed by atoms with van der Waals surface area (Å²) in [4.78, 5) is 7.80. The summed E-state index contributed by atoms with van der Waals surface area (Å²) in [5.74, 6) is 0.974. The molecular formula is C26H33N5O. The Morgan fingerprint density at radius 1 is 0.969 bits per heavy atom. The quantitative estimate of drug-likeness (QED) is 0.595. The SMILES string of the molecule is COc1ccccc1N1CCN([C@@H]2CCCN(Cc3cccc(-n4cccn4)c3)C2)CC1. The highest BCUT2D eigenvalue weighted by molar-refractivity contribution is 5.58. The van der Waals surface area contributed by atoms with E-state index in [1.807, 2.05) is 29.2 Å². The van der Waals surface area contributed by atoms with Crippen LogP contribution in [0.25, 0.3) is 5.69 Å². The number of ether oxygens (including phenoxy) is 1. The second kappa shape index (κ2) is 9.76. The average molecular weight is 432 g/mol. The smallest absolute Gasteiger partial charge is 0.142 e. The molecule has 5 rings (SSSR count). The molecule has 3 heterocycles. The number of hydrogen-bond donors (Lipinski definition) is 0. The van der Waals surface area contributed by atoms with Crippen molar-refractivity contribution in [3.8, 4) is 11.4 Å². The van der Waals surface area contributed by atoms with Crippen LogP contribution in [0.5, 0.6) is 5.75 Å². The van der Waals surface area contributed by atoms with Gasteiger partial charge in [0.05, 0.1) is 18.5 Å². The lowest BCUT2D eigenvalue weighted by Crippen LogP contribution is -2.55. The zero-order valence-corrected chi connectivity index (χ0v) is 18.9. The van der Waals surface area contributed by atoms with Gasteiger partial charge in [-0.25, -0.2) is 4.68 Å².